The van der Waals surface area contributed by atoms with Crippen molar-refractivity contribution in [2.45, 2.75) is 44.6 Å². The summed E-state index contributed by atoms with van der Waals surface area (Å²) in [7, 11) is -3.61. The Labute approximate surface area is 120 Å². The van der Waals surface area contributed by atoms with E-state index < -0.39 is 10.0 Å². The lowest BCUT2D eigenvalue weighted by molar-refractivity contribution is 0.109. The molecule has 5 nitrogen and oxygen atoms in total. The third-order valence-corrected chi connectivity index (χ3v) is 6.37. The Morgan fingerprint density at radius 3 is 2.30 bits per heavy atom. The molecule has 0 bridgehead atoms. The van der Waals surface area contributed by atoms with E-state index in [1.54, 1.807) is 0 Å². The van der Waals surface area contributed by atoms with E-state index in [0.29, 0.717) is 19.4 Å². The first-order valence-corrected chi connectivity index (χ1v) is 8.46. The minimum Gasteiger partial charge on any atom is -0.440 e. The van der Waals surface area contributed by atoms with E-state index >= 15 is 0 Å². The van der Waals surface area contributed by atoms with E-state index in [4.69, 9.17) is 4.42 Å². The molecular weight excluding hydrogens is 278 g/mol. The molecule has 1 saturated heterocycles. The molecule has 0 spiro atoms. The number of carbonyl (C=O) groups is 1. The number of sulfonamides is 1. The van der Waals surface area contributed by atoms with E-state index in [2.05, 4.69) is 13.8 Å². The summed E-state index contributed by atoms with van der Waals surface area (Å²) in [5.74, 6) is 0.0389. The monoisotopic (exact) mass is 299 g/mol. The van der Waals surface area contributed by atoms with Crippen molar-refractivity contribution in [2.75, 3.05) is 13.1 Å². The Morgan fingerprint density at radius 1 is 1.25 bits per heavy atom. The van der Waals surface area contributed by atoms with Crippen molar-refractivity contribution in [2.24, 2.45) is 5.41 Å². The molecule has 6 heteroatoms. The minimum atomic E-state index is -3.61. The molecule has 1 fully saturated rings. The number of aldehydes is 1. The van der Waals surface area contributed by atoms with Crippen LogP contribution in [-0.4, -0.2) is 32.1 Å². The number of nitrogens with zero attached hydrogens (tertiary/aromatic N) is 1. The molecule has 1 aliphatic heterocycles. The number of rotatable bonds is 5. The van der Waals surface area contributed by atoms with Gasteiger partial charge in [-0.1, -0.05) is 26.7 Å². The van der Waals surface area contributed by atoms with Crippen molar-refractivity contribution >= 4 is 16.3 Å². The smallest absolute Gasteiger partial charge is 0.276 e. The Kier molecular flexibility index (Phi) is 4.34. The highest BCUT2D eigenvalue weighted by molar-refractivity contribution is 7.89. The van der Waals surface area contributed by atoms with Gasteiger partial charge >= 0.3 is 0 Å². The molecule has 0 aromatic carbocycles. The highest BCUT2D eigenvalue weighted by Gasteiger charge is 2.37. The maximum absolute atomic E-state index is 12.4. The topological polar surface area (TPSA) is 67.6 Å². The third kappa shape index (κ3) is 2.67. The summed E-state index contributed by atoms with van der Waals surface area (Å²) in [5, 5.41) is -0.139. The maximum atomic E-state index is 12.4. The van der Waals surface area contributed by atoms with Crippen LogP contribution in [0.4, 0.5) is 0 Å². The van der Waals surface area contributed by atoms with Crippen molar-refractivity contribution in [1.29, 1.82) is 0 Å². The fourth-order valence-corrected chi connectivity index (χ4v) is 4.18. The van der Waals surface area contributed by atoms with Gasteiger partial charge in [-0.3, -0.25) is 4.79 Å². The third-order valence-electron chi connectivity index (χ3n) is 4.60. The molecule has 0 radical (unpaired) electrons. The van der Waals surface area contributed by atoms with Crippen LogP contribution in [0.3, 0.4) is 0 Å². The summed E-state index contributed by atoms with van der Waals surface area (Å²) in [4.78, 5) is 10.6. The zero-order valence-corrected chi connectivity index (χ0v) is 12.8. The number of carbonyl (C=O) groups excluding carboxylic acids is 1. The number of hydrogen-bond acceptors (Lipinski definition) is 4. The van der Waals surface area contributed by atoms with Gasteiger partial charge in [0.2, 0.25) is 5.09 Å². The molecule has 112 valence electrons. The Morgan fingerprint density at radius 2 is 1.85 bits per heavy atom. The molecule has 0 unspecified atom stereocenters. The zero-order chi connectivity index (χ0) is 14.8. The van der Waals surface area contributed by atoms with Crippen LogP contribution >= 0.6 is 0 Å². The second kappa shape index (κ2) is 5.69. The summed E-state index contributed by atoms with van der Waals surface area (Å²) in [5.41, 5.74) is 0.267. The minimum absolute atomic E-state index is 0.0389. The zero-order valence-electron chi connectivity index (χ0n) is 12.0. The van der Waals surface area contributed by atoms with Gasteiger partial charge in [-0.15, -0.1) is 0 Å². The van der Waals surface area contributed by atoms with Crippen LogP contribution in [0.25, 0.3) is 0 Å². The Hall–Kier alpha value is -1.14. The highest BCUT2D eigenvalue weighted by atomic mass is 32.2. The quantitative estimate of drug-likeness (QED) is 0.784. The van der Waals surface area contributed by atoms with Crippen molar-refractivity contribution in [3.63, 3.8) is 0 Å². The molecular formula is C14H21NO4S. The fraction of sp³-hybridized carbons (Fsp3) is 0.643. The SMILES string of the molecule is CCC1(CC)CCN(S(=O)(=O)c2ccc(C=O)o2)CC1. The Balaban J connectivity index is 2.15. The predicted octanol–water partition coefficient (Wildman–Crippen LogP) is 2.68. The highest BCUT2D eigenvalue weighted by Crippen LogP contribution is 2.39. The summed E-state index contributed by atoms with van der Waals surface area (Å²) in [6.45, 7) is 5.36. The van der Waals surface area contributed by atoms with E-state index in [9.17, 15) is 13.2 Å². The van der Waals surface area contributed by atoms with Gasteiger partial charge in [-0.2, -0.15) is 4.31 Å². The number of furan rings is 1. The fourth-order valence-electron chi connectivity index (χ4n) is 2.82. The first-order chi connectivity index (χ1) is 9.47. The number of hydrogen-bond donors (Lipinski definition) is 0. The van der Waals surface area contributed by atoms with Crippen molar-refractivity contribution in [1.82, 2.24) is 4.31 Å². The second-order valence-electron chi connectivity index (χ2n) is 5.39. The molecule has 0 saturated carbocycles. The molecule has 2 rings (SSSR count). The van der Waals surface area contributed by atoms with E-state index in [-0.39, 0.29) is 16.3 Å². The van der Waals surface area contributed by atoms with E-state index in [1.165, 1.54) is 16.4 Å². The Bertz CT molecular complexity index is 562. The van der Waals surface area contributed by atoms with Gasteiger partial charge in [-0.25, -0.2) is 8.42 Å². The van der Waals surface area contributed by atoms with Gasteiger partial charge in [0.1, 0.15) is 0 Å². The first kappa shape index (κ1) is 15.3. The van der Waals surface area contributed by atoms with E-state index in [1.807, 2.05) is 0 Å². The normalized spacial score (nSPS) is 19.9. The van der Waals surface area contributed by atoms with Gasteiger partial charge in [0.15, 0.2) is 12.0 Å². The van der Waals surface area contributed by atoms with Crippen LogP contribution < -0.4 is 0 Å². The predicted molar refractivity (Wildman–Crippen MR) is 75.1 cm³/mol. The van der Waals surface area contributed by atoms with Gasteiger partial charge in [0.25, 0.3) is 10.0 Å². The summed E-state index contributed by atoms with van der Waals surface area (Å²) < 4.78 is 31.4. The second-order valence-corrected chi connectivity index (χ2v) is 7.25. The molecule has 20 heavy (non-hydrogen) atoms. The van der Waals surface area contributed by atoms with Crippen LogP contribution in [0, 0.1) is 5.41 Å². The van der Waals surface area contributed by atoms with Crippen molar-refractivity contribution in [3.05, 3.63) is 17.9 Å². The first-order valence-electron chi connectivity index (χ1n) is 7.02. The molecule has 0 atom stereocenters. The lowest BCUT2D eigenvalue weighted by atomic mass is 9.75. The molecule has 0 N–H and O–H groups in total. The molecule has 1 aromatic rings. The van der Waals surface area contributed by atoms with Crippen LogP contribution in [-0.2, 0) is 10.0 Å². The summed E-state index contributed by atoms with van der Waals surface area (Å²) in [6, 6.07) is 2.73. The standard InChI is InChI=1S/C14H21NO4S/c1-3-14(4-2)7-9-15(10-8-14)20(17,18)13-6-5-12(11-16)19-13/h5-6,11H,3-4,7-10H2,1-2H3. The molecule has 2 heterocycles. The lowest BCUT2D eigenvalue weighted by Crippen LogP contribution is -2.42. The molecule has 0 aliphatic carbocycles. The maximum Gasteiger partial charge on any atom is 0.276 e. The van der Waals surface area contributed by atoms with Gasteiger partial charge in [0, 0.05) is 13.1 Å². The molecule has 0 amide bonds. The van der Waals surface area contributed by atoms with E-state index in [0.717, 1.165) is 25.7 Å². The summed E-state index contributed by atoms with van der Waals surface area (Å²) in [6.07, 6.45) is 4.41. The van der Waals surface area contributed by atoms with Crippen molar-refractivity contribution in [3.8, 4) is 0 Å². The molecule has 1 aromatic heterocycles. The summed E-state index contributed by atoms with van der Waals surface area (Å²) >= 11 is 0. The van der Waals surface area contributed by atoms with Crippen molar-refractivity contribution < 1.29 is 17.6 Å². The largest absolute Gasteiger partial charge is 0.440 e. The van der Waals surface area contributed by atoms with Gasteiger partial charge in [-0.05, 0) is 30.4 Å². The average Bonchev–Trinajstić information content (AvgIpc) is 2.97. The lowest BCUT2D eigenvalue weighted by Gasteiger charge is -2.40. The molecule has 1 aliphatic rings. The van der Waals surface area contributed by atoms with Crippen LogP contribution in [0.1, 0.15) is 50.1 Å². The van der Waals surface area contributed by atoms with Crippen LogP contribution in [0.5, 0.6) is 0 Å². The van der Waals surface area contributed by atoms with Crippen LogP contribution in [0.15, 0.2) is 21.6 Å². The van der Waals surface area contributed by atoms with Gasteiger partial charge < -0.3 is 4.42 Å². The number of piperidine rings is 1. The van der Waals surface area contributed by atoms with Crippen LogP contribution in [0.2, 0.25) is 0 Å². The average molecular weight is 299 g/mol. The van der Waals surface area contributed by atoms with Gasteiger partial charge in [0.05, 0.1) is 0 Å².